The normalized spacial score (nSPS) is 20.4. The Bertz CT molecular complexity index is 544. The van der Waals surface area contributed by atoms with Gasteiger partial charge in [-0.25, -0.2) is 0 Å². The van der Waals surface area contributed by atoms with Crippen molar-refractivity contribution in [3.8, 4) is 0 Å². The Labute approximate surface area is 119 Å². The summed E-state index contributed by atoms with van der Waals surface area (Å²) in [6.45, 7) is 0.871. The van der Waals surface area contributed by atoms with Crippen LogP contribution in [-0.2, 0) is 20.3 Å². The molecule has 2 atom stereocenters. The first kappa shape index (κ1) is 14.7. The van der Waals surface area contributed by atoms with Gasteiger partial charge in [0.15, 0.2) is 6.10 Å². The molecule has 1 aliphatic heterocycles. The van der Waals surface area contributed by atoms with Gasteiger partial charge in [0.2, 0.25) is 5.91 Å². The largest absolute Gasteiger partial charge is 0.367 e. The van der Waals surface area contributed by atoms with Crippen LogP contribution in [-0.4, -0.2) is 53.0 Å². The molecule has 20 heavy (non-hydrogen) atoms. The molecule has 1 aliphatic rings. The van der Waals surface area contributed by atoms with Gasteiger partial charge in [0.1, 0.15) is 0 Å². The number of rotatable bonds is 3. The highest BCUT2D eigenvalue weighted by Gasteiger charge is 2.28. The molecule has 7 heteroatoms. The van der Waals surface area contributed by atoms with Crippen LogP contribution in [0.5, 0.6) is 0 Å². The number of carbonyl (C=O) groups is 2. The lowest BCUT2D eigenvalue weighted by atomic mass is 10.1. The monoisotopic (exact) mass is 296 g/mol. The van der Waals surface area contributed by atoms with Gasteiger partial charge >= 0.3 is 0 Å². The lowest BCUT2D eigenvalue weighted by Crippen LogP contribution is -2.50. The SMILES string of the molecule is CS(=O)c1ccc(C(=O)N2CCOC(C(N)=O)C2)cc1. The number of ether oxygens (including phenoxy) is 1. The van der Waals surface area contributed by atoms with Crippen LogP contribution >= 0.6 is 0 Å². The minimum absolute atomic E-state index is 0.162. The average Bonchev–Trinajstić information content (AvgIpc) is 2.46. The Balaban J connectivity index is 2.10. The predicted molar refractivity (Wildman–Crippen MR) is 73.6 cm³/mol. The number of nitrogens with two attached hydrogens (primary N) is 1. The first-order valence-electron chi connectivity index (χ1n) is 6.12. The summed E-state index contributed by atoms with van der Waals surface area (Å²) in [5, 5.41) is 0. The number of hydrogen-bond acceptors (Lipinski definition) is 4. The van der Waals surface area contributed by atoms with E-state index in [0.29, 0.717) is 17.0 Å². The number of benzene rings is 1. The summed E-state index contributed by atoms with van der Waals surface area (Å²) in [6.07, 6.45) is 0.825. The molecule has 1 fully saturated rings. The topological polar surface area (TPSA) is 89.7 Å². The van der Waals surface area contributed by atoms with E-state index in [0.717, 1.165) is 0 Å². The molecule has 2 amide bonds. The molecule has 0 bridgehead atoms. The van der Waals surface area contributed by atoms with E-state index in [2.05, 4.69) is 0 Å². The van der Waals surface area contributed by atoms with E-state index in [1.54, 1.807) is 30.5 Å². The van der Waals surface area contributed by atoms with Crippen molar-refractivity contribution in [2.75, 3.05) is 26.0 Å². The predicted octanol–water partition coefficient (Wildman–Crippen LogP) is -0.250. The highest BCUT2D eigenvalue weighted by atomic mass is 32.2. The van der Waals surface area contributed by atoms with Crippen LogP contribution in [0.15, 0.2) is 29.2 Å². The Morgan fingerprint density at radius 2 is 2.00 bits per heavy atom. The molecule has 0 aromatic heterocycles. The summed E-state index contributed by atoms with van der Waals surface area (Å²) in [7, 11) is -1.07. The lowest BCUT2D eigenvalue weighted by Gasteiger charge is -2.31. The van der Waals surface area contributed by atoms with E-state index in [1.807, 2.05) is 0 Å². The van der Waals surface area contributed by atoms with Crippen molar-refractivity contribution < 1.29 is 18.5 Å². The quantitative estimate of drug-likeness (QED) is 0.833. The molecule has 1 aromatic carbocycles. The van der Waals surface area contributed by atoms with E-state index < -0.39 is 22.8 Å². The molecule has 2 rings (SSSR count). The molecular formula is C13H16N2O4S. The first-order valence-corrected chi connectivity index (χ1v) is 7.68. The van der Waals surface area contributed by atoms with Crippen molar-refractivity contribution in [2.24, 2.45) is 5.73 Å². The van der Waals surface area contributed by atoms with E-state index in [-0.39, 0.29) is 19.1 Å². The molecule has 2 N–H and O–H groups in total. The zero-order valence-corrected chi connectivity index (χ0v) is 11.9. The lowest BCUT2D eigenvalue weighted by molar-refractivity contribution is -0.133. The standard InChI is InChI=1S/C13H16N2O4S/c1-20(18)10-4-2-9(3-5-10)13(17)15-6-7-19-11(8-15)12(14)16/h2-5,11H,6-8H2,1H3,(H2,14,16). The Morgan fingerprint density at radius 1 is 1.35 bits per heavy atom. The molecule has 0 saturated carbocycles. The summed E-state index contributed by atoms with van der Waals surface area (Å²) < 4.78 is 16.5. The molecule has 2 unspecified atom stereocenters. The van der Waals surface area contributed by atoms with Gasteiger partial charge in [0.25, 0.3) is 5.91 Å². The zero-order valence-electron chi connectivity index (χ0n) is 11.1. The Hall–Kier alpha value is -1.73. The van der Waals surface area contributed by atoms with E-state index in [1.165, 1.54) is 4.90 Å². The number of primary amides is 1. The smallest absolute Gasteiger partial charge is 0.254 e. The number of morpholine rings is 1. The van der Waals surface area contributed by atoms with Crippen LogP contribution < -0.4 is 5.73 Å². The molecular weight excluding hydrogens is 280 g/mol. The molecule has 0 radical (unpaired) electrons. The molecule has 1 aromatic rings. The van der Waals surface area contributed by atoms with Crippen molar-refractivity contribution >= 4 is 22.6 Å². The van der Waals surface area contributed by atoms with Crippen LogP contribution in [0, 0.1) is 0 Å². The third-order valence-corrected chi connectivity index (χ3v) is 4.04. The second kappa shape index (κ2) is 6.15. The van der Waals surface area contributed by atoms with Crippen LogP contribution in [0.4, 0.5) is 0 Å². The molecule has 108 valence electrons. The number of hydrogen-bond donors (Lipinski definition) is 1. The van der Waals surface area contributed by atoms with Crippen molar-refractivity contribution in [3.05, 3.63) is 29.8 Å². The minimum Gasteiger partial charge on any atom is -0.367 e. The maximum atomic E-state index is 12.3. The molecule has 1 heterocycles. The fourth-order valence-electron chi connectivity index (χ4n) is 1.98. The van der Waals surface area contributed by atoms with Crippen molar-refractivity contribution in [1.82, 2.24) is 4.90 Å². The maximum Gasteiger partial charge on any atom is 0.254 e. The van der Waals surface area contributed by atoms with Crippen LogP contribution in [0.2, 0.25) is 0 Å². The van der Waals surface area contributed by atoms with Crippen molar-refractivity contribution in [1.29, 1.82) is 0 Å². The van der Waals surface area contributed by atoms with Crippen molar-refractivity contribution in [3.63, 3.8) is 0 Å². The molecule has 0 spiro atoms. The van der Waals surface area contributed by atoms with Gasteiger partial charge in [-0.3, -0.25) is 13.8 Å². The van der Waals surface area contributed by atoms with Gasteiger partial charge in [0.05, 0.1) is 13.2 Å². The van der Waals surface area contributed by atoms with Gasteiger partial charge in [-0.1, -0.05) is 0 Å². The molecule has 6 nitrogen and oxygen atoms in total. The third kappa shape index (κ3) is 3.23. The Morgan fingerprint density at radius 3 is 2.55 bits per heavy atom. The van der Waals surface area contributed by atoms with E-state index in [4.69, 9.17) is 10.5 Å². The van der Waals surface area contributed by atoms with Gasteiger partial charge in [-0.15, -0.1) is 0 Å². The van der Waals surface area contributed by atoms with Crippen molar-refractivity contribution in [2.45, 2.75) is 11.0 Å². The molecule has 1 saturated heterocycles. The van der Waals surface area contributed by atoms with E-state index in [9.17, 15) is 13.8 Å². The maximum absolute atomic E-state index is 12.3. The fourth-order valence-corrected chi connectivity index (χ4v) is 2.50. The van der Waals surface area contributed by atoms with Gasteiger partial charge in [-0.2, -0.15) is 0 Å². The third-order valence-electron chi connectivity index (χ3n) is 3.10. The van der Waals surface area contributed by atoms with Gasteiger partial charge in [0, 0.05) is 34.1 Å². The fraction of sp³-hybridized carbons (Fsp3) is 0.385. The molecule has 0 aliphatic carbocycles. The minimum atomic E-state index is -1.07. The first-order chi connectivity index (χ1) is 9.49. The number of nitrogens with zero attached hydrogens (tertiary/aromatic N) is 1. The van der Waals surface area contributed by atoms with Crippen LogP contribution in [0.1, 0.15) is 10.4 Å². The van der Waals surface area contributed by atoms with Crippen LogP contribution in [0.3, 0.4) is 0 Å². The summed E-state index contributed by atoms with van der Waals surface area (Å²) in [5.41, 5.74) is 5.68. The summed E-state index contributed by atoms with van der Waals surface area (Å²) in [6, 6.07) is 6.59. The second-order valence-electron chi connectivity index (χ2n) is 4.49. The second-order valence-corrected chi connectivity index (χ2v) is 5.87. The number of amides is 2. The van der Waals surface area contributed by atoms with E-state index >= 15 is 0 Å². The Kier molecular flexibility index (Phi) is 4.51. The van der Waals surface area contributed by atoms with Crippen LogP contribution in [0.25, 0.3) is 0 Å². The van der Waals surface area contributed by atoms with Gasteiger partial charge < -0.3 is 15.4 Å². The van der Waals surface area contributed by atoms with Gasteiger partial charge in [-0.05, 0) is 24.3 Å². The average molecular weight is 296 g/mol. The zero-order chi connectivity index (χ0) is 14.7. The summed E-state index contributed by atoms with van der Waals surface area (Å²) >= 11 is 0. The number of carbonyl (C=O) groups excluding carboxylic acids is 2. The summed E-state index contributed by atoms with van der Waals surface area (Å²) in [5.74, 6) is -0.757. The highest BCUT2D eigenvalue weighted by Crippen LogP contribution is 2.13. The highest BCUT2D eigenvalue weighted by molar-refractivity contribution is 7.84. The summed E-state index contributed by atoms with van der Waals surface area (Å²) in [4.78, 5) is 25.6.